The average Bonchev–Trinajstić information content (AvgIpc) is 2.34. The number of likely N-dealkylation sites (tertiary alicyclic amines) is 1. The fourth-order valence-electron chi connectivity index (χ4n) is 4.26. The van der Waals surface area contributed by atoms with E-state index in [4.69, 9.17) is 9.84 Å². The third-order valence-corrected chi connectivity index (χ3v) is 5.94. The number of ether oxygens (including phenoxy) is 1. The minimum Gasteiger partial charge on any atom is -0.465 e. The fourth-order valence-corrected chi connectivity index (χ4v) is 4.26. The van der Waals surface area contributed by atoms with Crippen LogP contribution in [0, 0.1) is 17.3 Å². The van der Waals surface area contributed by atoms with Gasteiger partial charge in [-0.2, -0.15) is 9.51 Å². The highest BCUT2D eigenvalue weighted by molar-refractivity contribution is 5.66. The maximum atomic E-state index is 14.9. The molecule has 6 nitrogen and oxygen atoms in total. The van der Waals surface area contributed by atoms with Crippen molar-refractivity contribution in [2.75, 3.05) is 13.1 Å². The molecule has 1 saturated heterocycles. The van der Waals surface area contributed by atoms with E-state index in [1.54, 1.807) is 0 Å². The van der Waals surface area contributed by atoms with Gasteiger partial charge in [0.15, 0.2) is 0 Å². The molecule has 5 rings (SSSR count). The minimum absolute atomic E-state index is 0.0585. The van der Waals surface area contributed by atoms with Gasteiger partial charge in [0.2, 0.25) is 0 Å². The predicted octanol–water partition coefficient (Wildman–Crippen LogP) is 1.96. The summed E-state index contributed by atoms with van der Waals surface area (Å²) in [4.78, 5) is 12.1. The van der Waals surface area contributed by atoms with E-state index in [-0.39, 0.29) is 22.4 Å². The highest BCUT2D eigenvalue weighted by atomic mass is 19.2. The van der Waals surface area contributed by atoms with Crippen LogP contribution in [-0.4, -0.2) is 52.2 Å². The Balaban J connectivity index is 1.48. The molecule has 9 heteroatoms. The number of carbonyl (C=O) groups is 1. The zero-order valence-electron chi connectivity index (χ0n) is 12.5. The van der Waals surface area contributed by atoms with Crippen molar-refractivity contribution in [1.29, 1.82) is 0 Å². The monoisotopic (exact) mass is 333 g/mol. The van der Waals surface area contributed by atoms with Crippen molar-refractivity contribution in [1.82, 2.24) is 15.3 Å². The molecule has 0 spiro atoms. The standard InChI is InChI=1S/C14H18F3N3O3/c1-12(15)14(16,20(17)3-2-18-12)23-10-8-4-13(10,5-8)9-6-19(7-9)11(21)22/h2-3,8-10,18H,4-7H2,1H3,(H,21,22). The Morgan fingerprint density at radius 1 is 1.39 bits per heavy atom. The Kier molecular flexibility index (Phi) is 2.76. The topological polar surface area (TPSA) is 65.0 Å². The predicted molar refractivity (Wildman–Crippen MR) is 71.7 cm³/mol. The lowest BCUT2D eigenvalue weighted by Crippen LogP contribution is -2.78. The number of nitrogens with zero attached hydrogens (tertiary/aromatic N) is 2. The Hall–Kier alpha value is -1.64. The molecule has 3 saturated carbocycles. The number of amides is 1. The van der Waals surface area contributed by atoms with Gasteiger partial charge in [0, 0.05) is 30.6 Å². The van der Waals surface area contributed by atoms with E-state index in [9.17, 15) is 18.1 Å². The molecule has 1 amide bonds. The molecule has 4 fully saturated rings. The summed E-state index contributed by atoms with van der Waals surface area (Å²) < 4.78 is 48.4. The average molecular weight is 333 g/mol. The maximum absolute atomic E-state index is 14.9. The second kappa shape index (κ2) is 4.25. The van der Waals surface area contributed by atoms with Crippen molar-refractivity contribution in [3.05, 3.63) is 12.4 Å². The van der Waals surface area contributed by atoms with Crippen LogP contribution in [0.1, 0.15) is 19.8 Å². The van der Waals surface area contributed by atoms with Crippen LogP contribution in [0.5, 0.6) is 0 Å². The Morgan fingerprint density at radius 3 is 2.52 bits per heavy atom. The van der Waals surface area contributed by atoms with Crippen LogP contribution >= 0.6 is 0 Å². The van der Waals surface area contributed by atoms with E-state index in [0.29, 0.717) is 13.1 Å². The van der Waals surface area contributed by atoms with Crippen molar-refractivity contribution >= 4 is 6.09 Å². The van der Waals surface area contributed by atoms with E-state index in [1.165, 1.54) is 4.90 Å². The van der Waals surface area contributed by atoms with Gasteiger partial charge in [-0.15, -0.1) is 0 Å². The first-order chi connectivity index (χ1) is 10.7. The second-order valence-corrected chi connectivity index (χ2v) is 7.16. The lowest BCUT2D eigenvalue weighted by atomic mass is 9.37. The summed E-state index contributed by atoms with van der Waals surface area (Å²) in [6.45, 7) is 1.62. The number of rotatable bonds is 3. The zero-order valence-corrected chi connectivity index (χ0v) is 12.5. The van der Waals surface area contributed by atoms with Crippen LogP contribution in [-0.2, 0) is 4.74 Å². The number of nitrogens with one attached hydrogen (secondary N) is 1. The number of halogens is 3. The summed E-state index contributed by atoms with van der Waals surface area (Å²) in [7, 11) is 0. The van der Waals surface area contributed by atoms with E-state index in [2.05, 4.69) is 5.32 Å². The van der Waals surface area contributed by atoms with Crippen LogP contribution in [0.2, 0.25) is 0 Å². The van der Waals surface area contributed by atoms with Gasteiger partial charge in [-0.3, -0.25) is 0 Å². The number of hydrogen-bond acceptors (Lipinski definition) is 4. The number of alkyl halides is 2. The SMILES string of the molecule is CC1(F)NC=CN(F)C1(F)OC1C2CC1(C1CN(C(=O)O)C1)C2. The summed E-state index contributed by atoms with van der Waals surface area (Å²) in [5.41, 5.74) is -0.353. The van der Waals surface area contributed by atoms with Crippen molar-refractivity contribution in [2.24, 2.45) is 17.3 Å². The largest absolute Gasteiger partial charge is 0.465 e. The van der Waals surface area contributed by atoms with E-state index < -0.39 is 24.0 Å². The van der Waals surface area contributed by atoms with Gasteiger partial charge in [-0.1, -0.05) is 4.48 Å². The normalized spacial score (nSPS) is 48.2. The van der Waals surface area contributed by atoms with E-state index >= 15 is 0 Å². The summed E-state index contributed by atoms with van der Waals surface area (Å²) >= 11 is 0. The zero-order chi connectivity index (χ0) is 16.6. The summed E-state index contributed by atoms with van der Waals surface area (Å²) in [6, 6.07) is 0. The van der Waals surface area contributed by atoms with Gasteiger partial charge in [-0.25, -0.2) is 9.18 Å². The van der Waals surface area contributed by atoms with Crippen LogP contribution in [0.25, 0.3) is 0 Å². The van der Waals surface area contributed by atoms with Gasteiger partial charge < -0.3 is 20.1 Å². The van der Waals surface area contributed by atoms with Crippen LogP contribution in [0.4, 0.5) is 18.1 Å². The lowest BCUT2D eigenvalue weighted by molar-refractivity contribution is -0.426. The summed E-state index contributed by atoms with van der Waals surface area (Å²) in [6.07, 6.45) is 1.74. The van der Waals surface area contributed by atoms with Crippen molar-refractivity contribution < 1.29 is 27.9 Å². The lowest BCUT2D eigenvalue weighted by Gasteiger charge is -2.73. The molecule has 0 aromatic heterocycles. The maximum Gasteiger partial charge on any atom is 0.407 e. The van der Waals surface area contributed by atoms with Gasteiger partial charge in [0.05, 0.1) is 12.3 Å². The molecule has 2 heterocycles. The molecule has 0 aromatic carbocycles. The summed E-state index contributed by atoms with van der Waals surface area (Å²) in [5.74, 6) is -5.83. The molecule has 0 radical (unpaired) electrons. The second-order valence-electron chi connectivity index (χ2n) is 7.16. The molecule has 23 heavy (non-hydrogen) atoms. The molecular formula is C14H18F3N3O3. The highest BCUT2D eigenvalue weighted by Crippen LogP contribution is 2.71. The molecule has 2 N–H and O–H groups in total. The molecule has 5 aliphatic rings. The van der Waals surface area contributed by atoms with Gasteiger partial charge >= 0.3 is 12.1 Å². The van der Waals surface area contributed by atoms with Gasteiger partial charge in [0.1, 0.15) is 0 Å². The van der Waals surface area contributed by atoms with Crippen molar-refractivity contribution in [3.8, 4) is 0 Å². The molecule has 2 bridgehead atoms. The minimum atomic E-state index is -3.24. The molecule has 2 aliphatic heterocycles. The first-order valence-electron chi connectivity index (χ1n) is 7.63. The number of carboxylic acid groups (broad SMARTS) is 1. The van der Waals surface area contributed by atoms with Crippen LogP contribution in [0.3, 0.4) is 0 Å². The van der Waals surface area contributed by atoms with Crippen LogP contribution < -0.4 is 5.32 Å². The van der Waals surface area contributed by atoms with E-state index in [0.717, 1.165) is 32.2 Å². The van der Waals surface area contributed by atoms with Gasteiger partial charge in [-0.05, 0) is 25.7 Å². The molecular weight excluding hydrogens is 315 g/mol. The third kappa shape index (κ3) is 1.71. The number of hydrogen-bond donors (Lipinski definition) is 2. The molecule has 3 atom stereocenters. The quantitative estimate of drug-likeness (QED) is 0.611. The van der Waals surface area contributed by atoms with Gasteiger partial charge in [0.25, 0.3) is 5.79 Å². The summed E-state index contributed by atoms with van der Waals surface area (Å²) in [5, 5.41) is 10.7. The molecule has 0 aromatic rings. The highest BCUT2D eigenvalue weighted by Gasteiger charge is 2.74. The van der Waals surface area contributed by atoms with E-state index in [1.807, 2.05) is 0 Å². The Bertz CT molecular complexity index is 575. The van der Waals surface area contributed by atoms with Crippen molar-refractivity contribution in [2.45, 2.75) is 37.6 Å². The smallest absolute Gasteiger partial charge is 0.407 e. The fraction of sp³-hybridized carbons (Fsp3) is 0.786. The first kappa shape index (κ1) is 14.9. The first-order valence-corrected chi connectivity index (χ1v) is 7.63. The Morgan fingerprint density at radius 2 is 2.04 bits per heavy atom. The van der Waals surface area contributed by atoms with Crippen molar-refractivity contribution in [3.63, 3.8) is 0 Å². The molecule has 3 unspecified atom stereocenters. The third-order valence-electron chi connectivity index (χ3n) is 5.94. The Labute approximate surface area is 130 Å². The van der Waals surface area contributed by atoms with Crippen LogP contribution in [0.15, 0.2) is 12.4 Å². The molecule has 128 valence electrons. The molecule has 3 aliphatic carbocycles.